The van der Waals surface area contributed by atoms with Crippen molar-refractivity contribution in [3.8, 4) is 0 Å². The molecule has 2 aliphatic rings. The monoisotopic (exact) mass is 224 g/mol. The van der Waals surface area contributed by atoms with Gasteiger partial charge < -0.3 is 5.73 Å². The van der Waals surface area contributed by atoms with Crippen molar-refractivity contribution in [1.29, 1.82) is 0 Å². The van der Waals surface area contributed by atoms with E-state index in [0.29, 0.717) is 6.04 Å². The molecule has 0 aromatic heterocycles. The third-order valence-electron chi connectivity index (χ3n) is 4.51. The van der Waals surface area contributed by atoms with Crippen LogP contribution in [0.1, 0.15) is 57.8 Å². The summed E-state index contributed by atoms with van der Waals surface area (Å²) in [6.45, 7) is 3.47. The zero-order valence-electron chi connectivity index (χ0n) is 10.7. The maximum absolute atomic E-state index is 5.97. The van der Waals surface area contributed by atoms with Crippen molar-refractivity contribution in [1.82, 2.24) is 4.90 Å². The second kappa shape index (κ2) is 6.61. The third-order valence-corrected chi connectivity index (χ3v) is 4.51. The molecule has 1 heterocycles. The van der Waals surface area contributed by atoms with Gasteiger partial charge in [0.25, 0.3) is 0 Å². The highest BCUT2D eigenvalue weighted by molar-refractivity contribution is 4.80. The number of nitrogens with zero attached hydrogens (tertiary/aromatic N) is 1. The molecule has 0 aromatic carbocycles. The van der Waals surface area contributed by atoms with Crippen LogP contribution in [0.5, 0.6) is 0 Å². The fourth-order valence-electron chi connectivity index (χ4n) is 3.49. The van der Waals surface area contributed by atoms with Gasteiger partial charge in [0.1, 0.15) is 0 Å². The van der Waals surface area contributed by atoms with E-state index in [4.69, 9.17) is 5.73 Å². The van der Waals surface area contributed by atoms with Gasteiger partial charge in [-0.15, -0.1) is 0 Å². The van der Waals surface area contributed by atoms with Crippen LogP contribution in [0.4, 0.5) is 0 Å². The number of hydrogen-bond acceptors (Lipinski definition) is 2. The Bertz CT molecular complexity index is 179. The summed E-state index contributed by atoms with van der Waals surface area (Å²) in [5, 5.41) is 0. The van der Waals surface area contributed by atoms with Crippen molar-refractivity contribution < 1.29 is 0 Å². The first kappa shape index (κ1) is 12.4. The van der Waals surface area contributed by atoms with E-state index in [2.05, 4.69) is 4.90 Å². The maximum Gasteiger partial charge on any atom is 0.0221 e. The summed E-state index contributed by atoms with van der Waals surface area (Å²) >= 11 is 0. The van der Waals surface area contributed by atoms with Crippen molar-refractivity contribution in [3.05, 3.63) is 0 Å². The molecule has 16 heavy (non-hydrogen) atoms. The lowest BCUT2D eigenvalue weighted by atomic mass is 9.92. The standard InChI is InChI=1S/C14H28N2/c15-12-14(16-9-5-6-10-16)11-13-7-3-1-2-4-8-13/h13-14H,1-12,15H2. The Labute approximate surface area is 101 Å². The van der Waals surface area contributed by atoms with E-state index in [0.717, 1.165) is 12.5 Å². The molecule has 94 valence electrons. The summed E-state index contributed by atoms with van der Waals surface area (Å²) < 4.78 is 0. The van der Waals surface area contributed by atoms with Crippen LogP contribution in [0.3, 0.4) is 0 Å². The van der Waals surface area contributed by atoms with Gasteiger partial charge in [-0.3, -0.25) is 4.90 Å². The summed E-state index contributed by atoms with van der Waals surface area (Å²) in [7, 11) is 0. The molecule has 0 amide bonds. The topological polar surface area (TPSA) is 29.3 Å². The molecule has 1 saturated heterocycles. The molecule has 0 spiro atoms. The predicted molar refractivity (Wildman–Crippen MR) is 69.5 cm³/mol. The SMILES string of the molecule is NCC(CC1CCCCCC1)N1CCCC1. The van der Waals surface area contributed by atoms with E-state index in [-0.39, 0.29) is 0 Å². The third kappa shape index (κ3) is 3.46. The van der Waals surface area contributed by atoms with E-state index in [1.807, 2.05) is 0 Å². The summed E-state index contributed by atoms with van der Waals surface area (Å²) in [6.07, 6.45) is 12.9. The van der Waals surface area contributed by atoms with Crippen molar-refractivity contribution in [3.63, 3.8) is 0 Å². The van der Waals surface area contributed by atoms with Crippen LogP contribution in [0.25, 0.3) is 0 Å². The van der Waals surface area contributed by atoms with Crippen LogP contribution >= 0.6 is 0 Å². The summed E-state index contributed by atoms with van der Waals surface area (Å²) in [6, 6.07) is 0.686. The molecule has 0 radical (unpaired) electrons. The molecule has 2 rings (SSSR count). The molecule has 1 unspecified atom stereocenters. The molecule has 0 bridgehead atoms. The van der Waals surface area contributed by atoms with Crippen LogP contribution < -0.4 is 5.73 Å². The second-order valence-electron chi connectivity index (χ2n) is 5.73. The first-order chi connectivity index (χ1) is 7.90. The van der Waals surface area contributed by atoms with Gasteiger partial charge >= 0.3 is 0 Å². The predicted octanol–water partition coefficient (Wildman–Crippen LogP) is 2.77. The molecular weight excluding hydrogens is 196 g/mol. The molecule has 1 aliphatic heterocycles. The van der Waals surface area contributed by atoms with E-state index >= 15 is 0 Å². The Kier molecular flexibility index (Phi) is 5.11. The molecule has 2 fully saturated rings. The van der Waals surface area contributed by atoms with E-state index in [9.17, 15) is 0 Å². The minimum Gasteiger partial charge on any atom is -0.329 e. The first-order valence-corrected chi connectivity index (χ1v) is 7.34. The van der Waals surface area contributed by atoms with Gasteiger partial charge in [0.15, 0.2) is 0 Å². The normalized spacial score (nSPS) is 26.8. The Balaban J connectivity index is 1.79. The highest BCUT2D eigenvalue weighted by Crippen LogP contribution is 2.28. The zero-order chi connectivity index (χ0) is 11.2. The smallest absolute Gasteiger partial charge is 0.0221 e. The lowest BCUT2D eigenvalue weighted by Crippen LogP contribution is -2.40. The number of rotatable bonds is 4. The maximum atomic E-state index is 5.97. The highest BCUT2D eigenvalue weighted by Gasteiger charge is 2.24. The molecule has 2 N–H and O–H groups in total. The number of hydrogen-bond donors (Lipinski definition) is 1. The molecular formula is C14H28N2. The Morgan fingerprint density at radius 2 is 1.56 bits per heavy atom. The number of nitrogens with two attached hydrogens (primary N) is 1. The molecule has 1 saturated carbocycles. The lowest BCUT2D eigenvalue weighted by Gasteiger charge is -2.29. The fourth-order valence-corrected chi connectivity index (χ4v) is 3.49. The van der Waals surface area contributed by atoms with Crippen LogP contribution in [-0.2, 0) is 0 Å². The first-order valence-electron chi connectivity index (χ1n) is 7.34. The largest absolute Gasteiger partial charge is 0.329 e. The van der Waals surface area contributed by atoms with E-state index in [1.165, 1.54) is 70.9 Å². The molecule has 0 aromatic rings. The Morgan fingerprint density at radius 1 is 0.938 bits per heavy atom. The summed E-state index contributed by atoms with van der Waals surface area (Å²) in [5.41, 5.74) is 5.97. The molecule has 2 nitrogen and oxygen atoms in total. The van der Waals surface area contributed by atoms with Gasteiger partial charge in [-0.05, 0) is 38.3 Å². The van der Waals surface area contributed by atoms with Crippen LogP contribution in [0.15, 0.2) is 0 Å². The zero-order valence-corrected chi connectivity index (χ0v) is 10.7. The van der Waals surface area contributed by atoms with Gasteiger partial charge in [0.2, 0.25) is 0 Å². The van der Waals surface area contributed by atoms with Crippen LogP contribution in [-0.4, -0.2) is 30.6 Å². The van der Waals surface area contributed by atoms with Crippen LogP contribution in [0, 0.1) is 5.92 Å². The average molecular weight is 224 g/mol. The van der Waals surface area contributed by atoms with Gasteiger partial charge in [-0.1, -0.05) is 38.5 Å². The van der Waals surface area contributed by atoms with Crippen molar-refractivity contribution in [2.45, 2.75) is 63.8 Å². The van der Waals surface area contributed by atoms with Gasteiger partial charge in [0.05, 0.1) is 0 Å². The van der Waals surface area contributed by atoms with E-state index in [1.54, 1.807) is 0 Å². The highest BCUT2D eigenvalue weighted by atomic mass is 15.2. The van der Waals surface area contributed by atoms with Crippen molar-refractivity contribution in [2.24, 2.45) is 11.7 Å². The minimum atomic E-state index is 0.686. The van der Waals surface area contributed by atoms with Crippen LogP contribution in [0.2, 0.25) is 0 Å². The Morgan fingerprint density at radius 3 is 2.12 bits per heavy atom. The average Bonchev–Trinajstić information content (AvgIpc) is 2.71. The van der Waals surface area contributed by atoms with Gasteiger partial charge in [-0.2, -0.15) is 0 Å². The fraction of sp³-hybridized carbons (Fsp3) is 1.00. The Hall–Kier alpha value is -0.0800. The summed E-state index contributed by atoms with van der Waals surface area (Å²) in [4.78, 5) is 2.64. The number of likely N-dealkylation sites (tertiary alicyclic amines) is 1. The second-order valence-corrected chi connectivity index (χ2v) is 5.73. The quantitative estimate of drug-likeness (QED) is 0.744. The summed E-state index contributed by atoms with van der Waals surface area (Å²) in [5.74, 6) is 0.969. The van der Waals surface area contributed by atoms with Crippen molar-refractivity contribution in [2.75, 3.05) is 19.6 Å². The molecule has 2 heteroatoms. The van der Waals surface area contributed by atoms with E-state index < -0.39 is 0 Å². The molecule has 1 atom stereocenters. The molecule has 1 aliphatic carbocycles. The minimum absolute atomic E-state index is 0.686. The lowest BCUT2D eigenvalue weighted by molar-refractivity contribution is 0.203. The van der Waals surface area contributed by atoms with Gasteiger partial charge in [-0.25, -0.2) is 0 Å². The van der Waals surface area contributed by atoms with Crippen molar-refractivity contribution >= 4 is 0 Å². The van der Waals surface area contributed by atoms with Gasteiger partial charge in [0, 0.05) is 12.6 Å².